The molecule has 52 heavy (non-hydrogen) atoms. The normalized spacial score (nSPS) is 13.0. The van der Waals surface area contributed by atoms with Crippen molar-refractivity contribution in [2.24, 2.45) is 0 Å². The number of carbonyl (C=O) groups is 3. The Bertz CT molecular complexity index is 869. The minimum Gasteiger partial charge on any atom is -0.477 e. The summed E-state index contributed by atoms with van der Waals surface area (Å²) in [7, 11) is 5.52. The van der Waals surface area contributed by atoms with Crippen LogP contribution in [0.25, 0.3) is 0 Å². The number of ether oxygens (including phenoxy) is 3. The number of allylic oxidation sites excluding steroid dienone is 2. The van der Waals surface area contributed by atoms with Crippen LogP contribution < -0.4 is 0 Å². The fourth-order valence-corrected chi connectivity index (χ4v) is 6.50. The van der Waals surface area contributed by atoms with Crippen LogP contribution in [0.15, 0.2) is 12.2 Å². The van der Waals surface area contributed by atoms with Gasteiger partial charge in [-0.1, -0.05) is 154 Å². The van der Waals surface area contributed by atoms with Gasteiger partial charge in [0.25, 0.3) is 0 Å². The van der Waals surface area contributed by atoms with Crippen molar-refractivity contribution >= 4 is 17.9 Å². The van der Waals surface area contributed by atoms with Gasteiger partial charge in [-0.2, -0.15) is 0 Å². The van der Waals surface area contributed by atoms with E-state index in [-0.39, 0.29) is 36.2 Å². The predicted molar refractivity (Wildman–Crippen MR) is 215 cm³/mol. The van der Waals surface area contributed by atoms with Crippen LogP contribution in [0.3, 0.4) is 0 Å². The number of carboxylic acids is 1. The molecule has 1 N–H and O–H groups in total. The molecule has 306 valence electrons. The monoisotopic (exact) mass is 739 g/mol. The van der Waals surface area contributed by atoms with Gasteiger partial charge in [-0.15, -0.1) is 0 Å². The second kappa shape index (κ2) is 36.1. The molecule has 0 fully saturated rings. The number of likely N-dealkylation sites (N-methyl/N-ethyl adjacent to an activating group) is 1. The van der Waals surface area contributed by atoms with Gasteiger partial charge in [0.1, 0.15) is 6.61 Å². The highest BCUT2D eigenvalue weighted by Gasteiger charge is 2.31. The Kier molecular flexibility index (Phi) is 34.7. The Morgan fingerprint density at radius 1 is 0.558 bits per heavy atom. The third kappa shape index (κ3) is 33.9. The van der Waals surface area contributed by atoms with Gasteiger partial charge in [0.15, 0.2) is 12.1 Å². The minimum absolute atomic E-state index is 0.0499. The third-order valence-corrected chi connectivity index (χ3v) is 9.91. The molecule has 0 saturated carbocycles. The number of nitrogens with zero attached hydrogens (tertiary/aromatic N) is 1. The van der Waals surface area contributed by atoms with Crippen LogP contribution in [-0.4, -0.2) is 80.6 Å². The summed E-state index contributed by atoms with van der Waals surface area (Å²) in [5.74, 6) is -1.47. The van der Waals surface area contributed by atoms with Crippen molar-refractivity contribution in [1.29, 1.82) is 0 Å². The number of hydrogen-bond donors (Lipinski definition) is 1. The van der Waals surface area contributed by atoms with Crippen molar-refractivity contribution in [3.8, 4) is 0 Å². The van der Waals surface area contributed by atoms with Crippen LogP contribution in [0.5, 0.6) is 0 Å². The fraction of sp³-hybridized carbons (Fsp3) is 0.886. The van der Waals surface area contributed by atoms with Crippen LogP contribution in [0.4, 0.5) is 0 Å². The Labute approximate surface area is 320 Å². The molecule has 0 aromatic heterocycles. The van der Waals surface area contributed by atoms with Gasteiger partial charge in [0.05, 0.1) is 34.4 Å². The summed E-state index contributed by atoms with van der Waals surface area (Å²) in [5.41, 5.74) is 0. The average molecular weight is 739 g/mol. The molecule has 8 nitrogen and oxygen atoms in total. The summed E-state index contributed by atoms with van der Waals surface area (Å²) in [6.45, 7) is 4.73. The van der Waals surface area contributed by atoms with Crippen LogP contribution in [0.2, 0.25) is 0 Å². The summed E-state index contributed by atoms with van der Waals surface area (Å²) in [4.78, 5) is 36.8. The summed E-state index contributed by atoms with van der Waals surface area (Å²) in [6.07, 6.45) is 36.8. The van der Waals surface area contributed by atoms with E-state index in [1.54, 1.807) is 0 Å². The molecule has 0 aliphatic carbocycles. The molecule has 0 spiro atoms. The van der Waals surface area contributed by atoms with Crippen molar-refractivity contribution in [3.63, 3.8) is 0 Å². The van der Waals surface area contributed by atoms with Crippen molar-refractivity contribution in [1.82, 2.24) is 0 Å². The first-order valence-electron chi connectivity index (χ1n) is 21.7. The fourth-order valence-electron chi connectivity index (χ4n) is 6.50. The minimum atomic E-state index is -0.874. The summed E-state index contributed by atoms with van der Waals surface area (Å²) in [6, 6.07) is -0.610. The highest BCUT2D eigenvalue weighted by molar-refractivity contribution is 5.72. The van der Waals surface area contributed by atoms with E-state index in [9.17, 15) is 19.5 Å². The zero-order valence-corrected chi connectivity index (χ0v) is 34.8. The lowest BCUT2D eigenvalue weighted by atomic mass is 10.1. The van der Waals surface area contributed by atoms with Gasteiger partial charge < -0.3 is 23.8 Å². The Balaban J connectivity index is 4.28. The Morgan fingerprint density at radius 2 is 0.962 bits per heavy atom. The van der Waals surface area contributed by atoms with E-state index in [1.807, 2.05) is 21.1 Å². The molecule has 8 heteroatoms. The van der Waals surface area contributed by atoms with Gasteiger partial charge in [0, 0.05) is 19.3 Å². The van der Waals surface area contributed by atoms with Crippen molar-refractivity contribution in [2.45, 2.75) is 212 Å². The molecule has 0 radical (unpaired) electrons. The number of aliphatic carboxylic acids is 1. The lowest BCUT2D eigenvalue weighted by molar-refractivity contribution is -0.887. The number of carboxylic acid groups (broad SMARTS) is 1. The highest BCUT2D eigenvalue weighted by atomic mass is 16.6. The lowest BCUT2D eigenvalue weighted by Crippen LogP contribution is -2.50. The summed E-state index contributed by atoms with van der Waals surface area (Å²) >= 11 is 0. The molecule has 0 rings (SSSR count). The maximum absolute atomic E-state index is 12.6. The maximum Gasteiger partial charge on any atom is 0.362 e. The topological polar surface area (TPSA) is 99.1 Å². The maximum atomic E-state index is 12.6. The van der Waals surface area contributed by atoms with Crippen molar-refractivity contribution in [3.05, 3.63) is 12.2 Å². The van der Waals surface area contributed by atoms with E-state index < -0.39 is 18.1 Å². The molecule has 0 aliphatic heterocycles. The predicted octanol–water partition coefficient (Wildman–Crippen LogP) is 11.5. The highest BCUT2D eigenvalue weighted by Crippen LogP contribution is 2.15. The molecular formula is C44H84NO7+. The van der Waals surface area contributed by atoms with E-state index >= 15 is 0 Å². The largest absolute Gasteiger partial charge is 0.477 e. The van der Waals surface area contributed by atoms with Gasteiger partial charge in [-0.25, -0.2) is 4.79 Å². The van der Waals surface area contributed by atoms with Crippen LogP contribution in [0.1, 0.15) is 200 Å². The van der Waals surface area contributed by atoms with E-state index in [4.69, 9.17) is 14.2 Å². The molecule has 0 aliphatic rings. The molecule has 0 amide bonds. The quantitative estimate of drug-likeness (QED) is 0.0290. The van der Waals surface area contributed by atoms with E-state index in [0.717, 1.165) is 44.9 Å². The number of rotatable bonds is 39. The summed E-state index contributed by atoms with van der Waals surface area (Å²) < 4.78 is 17.2. The van der Waals surface area contributed by atoms with Gasteiger partial charge in [-0.05, 0) is 38.5 Å². The van der Waals surface area contributed by atoms with Crippen molar-refractivity contribution in [2.75, 3.05) is 41.0 Å². The van der Waals surface area contributed by atoms with Crippen LogP contribution in [-0.2, 0) is 28.6 Å². The van der Waals surface area contributed by atoms with E-state index in [1.165, 1.54) is 122 Å². The summed E-state index contributed by atoms with van der Waals surface area (Å²) in [5, 5.41) is 9.60. The zero-order valence-electron chi connectivity index (χ0n) is 34.8. The smallest absolute Gasteiger partial charge is 0.362 e. The van der Waals surface area contributed by atoms with Crippen LogP contribution >= 0.6 is 0 Å². The molecule has 0 aromatic carbocycles. The molecular weight excluding hydrogens is 654 g/mol. The lowest BCUT2D eigenvalue weighted by Gasteiger charge is -2.31. The molecule has 0 heterocycles. The van der Waals surface area contributed by atoms with Crippen molar-refractivity contribution < 1.29 is 38.2 Å². The standard InChI is InChI=1S/C44H83NO7/c1-6-8-10-12-14-16-18-19-20-21-22-23-24-25-27-28-30-32-34-42(46)51-39-40(38-50-37-36-41(44(48)49)45(3,4)5)52-43(47)35-33-31-29-26-17-15-13-11-9-7-2/h22-23,40-41H,6-21,24-39H2,1-5H3/p+1/b23-22+. The number of esters is 2. The second-order valence-electron chi connectivity index (χ2n) is 16.0. The molecule has 2 atom stereocenters. The number of hydrogen-bond acceptors (Lipinski definition) is 6. The Morgan fingerprint density at radius 3 is 1.38 bits per heavy atom. The number of quaternary nitrogens is 1. The number of unbranched alkanes of at least 4 members (excludes halogenated alkanes) is 23. The molecule has 0 saturated heterocycles. The third-order valence-electron chi connectivity index (χ3n) is 9.91. The Hall–Kier alpha value is -1.93. The molecule has 2 unspecified atom stereocenters. The van der Waals surface area contributed by atoms with Gasteiger partial charge in [-0.3, -0.25) is 9.59 Å². The first-order valence-corrected chi connectivity index (χ1v) is 21.7. The van der Waals surface area contributed by atoms with Gasteiger partial charge >= 0.3 is 17.9 Å². The zero-order chi connectivity index (χ0) is 38.5. The van der Waals surface area contributed by atoms with E-state index in [2.05, 4.69) is 26.0 Å². The molecule has 0 aromatic rings. The number of carbonyl (C=O) groups excluding carboxylic acids is 2. The van der Waals surface area contributed by atoms with Gasteiger partial charge in [0.2, 0.25) is 0 Å². The first-order chi connectivity index (χ1) is 25.1. The first kappa shape index (κ1) is 50.1. The molecule has 0 bridgehead atoms. The van der Waals surface area contributed by atoms with Crippen LogP contribution in [0, 0.1) is 0 Å². The average Bonchev–Trinajstić information content (AvgIpc) is 3.09. The van der Waals surface area contributed by atoms with E-state index in [0.29, 0.717) is 19.3 Å². The SMILES string of the molecule is CCCCCCCCCCC/C=C/CCCCCCCC(=O)OCC(COCCC(C(=O)O)[N+](C)(C)C)OC(=O)CCCCCCCCCCCC. The second-order valence-corrected chi connectivity index (χ2v) is 16.0.